The van der Waals surface area contributed by atoms with Crippen LogP contribution in [0.4, 0.5) is 5.69 Å². The van der Waals surface area contributed by atoms with Gasteiger partial charge < -0.3 is 15.2 Å². The van der Waals surface area contributed by atoms with E-state index in [2.05, 4.69) is 5.32 Å². The molecule has 1 rings (SSSR count). The molecule has 0 aromatic heterocycles. The topological polar surface area (TPSA) is 75.6 Å². The van der Waals surface area contributed by atoms with Gasteiger partial charge in [-0.3, -0.25) is 9.59 Å². The van der Waals surface area contributed by atoms with Crippen LogP contribution in [0, 0.1) is 0 Å². The van der Waals surface area contributed by atoms with Crippen LogP contribution in [0.3, 0.4) is 0 Å². The zero-order chi connectivity index (χ0) is 14.1. The fourth-order valence-corrected chi connectivity index (χ4v) is 1.70. The number of hydrogen-bond acceptors (Lipinski definition) is 3. The largest absolute Gasteiger partial charge is 0.481 e. The van der Waals surface area contributed by atoms with Crippen molar-refractivity contribution in [2.45, 2.75) is 25.7 Å². The minimum absolute atomic E-state index is 0.0971. The first-order valence-corrected chi connectivity index (χ1v) is 6.22. The molecule has 0 radical (unpaired) electrons. The van der Waals surface area contributed by atoms with Crippen LogP contribution in [0.15, 0.2) is 24.3 Å². The van der Waals surface area contributed by atoms with Crippen molar-refractivity contribution >= 4 is 17.6 Å². The van der Waals surface area contributed by atoms with Crippen LogP contribution in [0.25, 0.3) is 0 Å². The molecule has 0 fully saturated rings. The SMILES string of the molecule is COCCCCC(=O)Nc1ccccc1CC(=O)O. The van der Waals surface area contributed by atoms with Gasteiger partial charge in [-0.05, 0) is 24.5 Å². The van der Waals surface area contributed by atoms with Gasteiger partial charge in [-0.1, -0.05) is 18.2 Å². The van der Waals surface area contributed by atoms with Crippen molar-refractivity contribution in [3.8, 4) is 0 Å². The molecule has 0 aliphatic heterocycles. The Balaban J connectivity index is 2.51. The first-order valence-electron chi connectivity index (χ1n) is 6.22. The van der Waals surface area contributed by atoms with Crippen LogP contribution in [0.1, 0.15) is 24.8 Å². The zero-order valence-electron chi connectivity index (χ0n) is 11.0. The minimum Gasteiger partial charge on any atom is -0.481 e. The van der Waals surface area contributed by atoms with Crippen molar-refractivity contribution in [1.82, 2.24) is 0 Å². The summed E-state index contributed by atoms with van der Waals surface area (Å²) in [5.74, 6) is -1.02. The van der Waals surface area contributed by atoms with E-state index in [0.29, 0.717) is 24.3 Å². The Bertz CT molecular complexity index is 431. The van der Waals surface area contributed by atoms with Gasteiger partial charge in [-0.2, -0.15) is 0 Å². The highest BCUT2D eigenvalue weighted by molar-refractivity contribution is 5.92. The zero-order valence-corrected chi connectivity index (χ0v) is 11.0. The van der Waals surface area contributed by atoms with Crippen LogP contribution in [0.2, 0.25) is 0 Å². The Hall–Kier alpha value is -1.88. The maximum Gasteiger partial charge on any atom is 0.307 e. The highest BCUT2D eigenvalue weighted by Crippen LogP contribution is 2.16. The number of unbranched alkanes of at least 4 members (excludes halogenated alkanes) is 1. The van der Waals surface area contributed by atoms with Crippen LogP contribution < -0.4 is 5.32 Å². The van der Waals surface area contributed by atoms with Crippen molar-refractivity contribution in [3.63, 3.8) is 0 Å². The van der Waals surface area contributed by atoms with Crippen molar-refractivity contribution in [2.75, 3.05) is 19.0 Å². The van der Waals surface area contributed by atoms with E-state index in [4.69, 9.17) is 9.84 Å². The van der Waals surface area contributed by atoms with E-state index in [-0.39, 0.29) is 12.3 Å². The van der Waals surface area contributed by atoms with Crippen molar-refractivity contribution in [2.24, 2.45) is 0 Å². The monoisotopic (exact) mass is 265 g/mol. The molecular weight excluding hydrogens is 246 g/mol. The second-order valence-corrected chi connectivity index (χ2v) is 4.23. The van der Waals surface area contributed by atoms with Gasteiger partial charge in [0.25, 0.3) is 0 Å². The Morgan fingerprint density at radius 3 is 2.68 bits per heavy atom. The van der Waals surface area contributed by atoms with Gasteiger partial charge in [0.15, 0.2) is 0 Å². The van der Waals surface area contributed by atoms with Gasteiger partial charge in [0.05, 0.1) is 6.42 Å². The molecule has 0 saturated carbocycles. The van der Waals surface area contributed by atoms with Gasteiger partial charge in [-0.25, -0.2) is 0 Å². The molecule has 1 amide bonds. The molecule has 1 aromatic carbocycles. The predicted octanol–water partition coefficient (Wildman–Crippen LogP) is 2.07. The standard InChI is InChI=1S/C14H19NO4/c1-19-9-5-4-8-13(16)15-12-7-3-2-6-11(12)10-14(17)18/h2-3,6-7H,4-5,8-10H2,1H3,(H,15,16)(H,17,18). The van der Waals surface area contributed by atoms with Gasteiger partial charge in [0.1, 0.15) is 0 Å². The number of hydrogen-bond donors (Lipinski definition) is 2. The number of methoxy groups -OCH3 is 1. The Morgan fingerprint density at radius 1 is 1.26 bits per heavy atom. The maximum absolute atomic E-state index is 11.7. The fraction of sp³-hybridized carbons (Fsp3) is 0.429. The number of rotatable bonds is 8. The highest BCUT2D eigenvalue weighted by atomic mass is 16.5. The molecular formula is C14H19NO4. The van der Waals surface area contributed by atoms with E-state index in [1.54, 1.807) is 31.4 Å². The summed E-state index contributed by atoms with van der Waals surface area (Å²) in [5.41, 5.74) is 1.18. The summed E-state index contributed by atoms with van der Waals surface area (Å²) in [5, 5.41) is 11.5. The lowest BCUT2D eigenvalue weighted by molar-refractivity contribution is -0.136. The average molecular weight is 265 g/mol. The van der Waals surface area contributed by atoms with Gasteiger partial charge in [-0.15, -0.1) is 0 Å². The molecule has 5 heteroatoms. The summed E-state index contributed by atoms with van der Waals surface area (Å²) in [6, 6.07) is 6.94. The third-order valence-corrected chi connectivity index (χ3v) is 2.64. The summed E-state index contributed by atoms with van der Waals surface area (Å²) in [6.07, 6.45) is 1.90. The number of nitrogens with one attached hydrogen (secondary N) is 1. The summed E-state index contributed by atoms with van der Waals surface area (Å²) in [7, 11) is 1.63. The molecule has 5 nitrogen and oxygen atoms in total. The lowest BCUT2D eigenvalue weighted by Crippen LogP contribution is -2.14. The van der Waals surface area contributed by atoms with Gasteiger partial charge >= 0.3 is 5.97 Å². The number of carboxylic acid groups (broad SMARTS) is 1. The molecule has 0 bridgehead atoms. The van der Waals surface area contributed by atoms with Crippen LogP contribution in [0.5, 0.6) is 0 Å². The molecule has 0 heterocycles. The van der Waals surface area contributed by atoms with E-state index in [9.17, 15) is 9.59 Å². The normalized spacial score (nSPS) is 10.2. The summed E-state index contributed by atoms with van der Waals surface area (Å²) >= 11 is 0. The van der Waals surface area contributed by atoms with Crippen molar-refractivity contribution < 1.29 is 19.4 Å². The van der Waals surface area contributed by atoms with E-state index >= 15 is 0 Å². The van der Waals surface area contributed by atoms with E-state index in [0.717, 1.165) is 12.8 Å². The molecule has 0 saturated heterocycles. The quantitative estimate of drug-likeness (QED) is 0.705. The lowest BCUT2D eigenvalue weighted by Gasteiger charge is -2.09. The second-order valence-electron chi connectivity index (χ2n) is 4.23. The molecule has 2 N–H and O–H groups in total. The molecule has 19 heavy (non-hydrogen) atoms. The third-order valence-electron chi connectivity index (χ3n) is 2.64. The average Bonchev–Trinajstić information content (AvgIpc) is 2.36. The van der Waals surface area contributed by atoms with Crippen molar-refractivity contribution in [1.29, 1.82) is 0 Å². The molecule has 0 aliphatic rings. The van der Waals surface area contributed by atoms with Crippen molar-refractivity contribution in [3.05, 3.63) is 29.8 Å². The number of carbonyl (C=O) groups excluding carboxylic acids is 1. The lowest BCUT2D eigenvalue weighted by atomic mass is 10.1. The molecule has 1 aromatic rings. The number of aliphatic carboxylic acids is 1. The smallest absolute Gasteiger partial charge is 0.307 e. The maximum atomic E-state index is 11.7. The molecule has 104 valence electrons. The summed E-state index contributed by atoms with van der Waals surface area (Å²) < 4.78 is 4.91. The van der Waals surface area contributed by atoms with Crippen LogP contribution in [-0.2, 0) is 20.7 Å². The Kier molecular flexibility index (Phi) is 6.60. The third kappa shape index (κ3) is 6.01. The minimum atomic E-state index is -0.915. The number of amides is 1. The summed E-state index contributed by atoms with van der Waals surface area (Å²) in [4.78, 5) is 22.4. The van der Waals surface area contributed by atoms with E-state index in [1.165, 1.54) is 0 Å². The molecule has 0 spiro atoms. The summed E-state index contributed by atoms with van der Waals surface area (Å²) in [6.45, 7) is 0.642. The Morgan fingerprint density at radius 2 is 2.00 bits per heavy atom. The number of para-hydroxylation sites is 1. The number of carboxylic acids is 1. The highest BCUT2D eigenvalue weighted by Gasteiger charge is 2.08. The predicted molar refractivity (Wildman–Crippen MR) is 72.1 cm³/mol. The molecule has 0 atom stereocenters. The van der Waals surface area contributed by atoms with E-state index in [1.807, 2.05) is 0 Å². The fourth-order valence-electron chi connectivity index (χ4n) is 1.70. The second kappa shape index (κ2) is 8.26. The van der Waals surface area contributed by atoms with E-state index < -0.39 is 5.97 Å². The molecule has 0 unspecified atom stereocenters. The number of anilines is 1. The Labute approximate surface area is 112 Å². The van der Waals surface area contributed by atoms with Gasteiger partial charge in [0.2, 0.25) is 5.91 Å². The first kappa shape index (κ1) is 15.2. The molecule has 0 aliphatic carbocycles. The number of ether oxygens (including phenoxy) is 1. The number of carbonyl (C=O) groups is 2. The first-order chi connectivity index (χ1) is 9.13. The number of benzene rings is 1. The van der Waals surface area contributed by atoms with Crippen LogP contribution >= 0.6 is 0 Å². The van der Waals surface area contributed by atoms with Gasteiger partial charge in [0, 0.05) is 25.8 Å². The van der Waals surface area contributed by atoms with Crippen LogP contribution in [-0.4, -0.2) is 30.7 Å².